The van der Waals surface area contributed by atoms with Gasteiger partial charge >= 0.3 is 10.0 Å². The van der Waals surface area contributed by atoms with Crippen LogP contribution in [0.5, 0.6) is 0 Å². The summed E-state index contributed by atoms with van der Waals surface area (Å²) in [7, 11) is -3.44. The van der Waals surface area contributed by atoms with Crippen molar-refractivity contribution in [1.29, 1.82) is 0 Å². The van der Waals surface area contributed by atoms with Crippen molar-refractivity contribution in [2.45, 2.75) is 24.0 Å². The zero-order valence-corrected chi connectivity index (χ0v) is 12.4. The number of carboxylic acid groups (broad SMARTS) is 1. The zero-order valence-electron chi connectivity index (χ0n) is 10.7. The quantitative estimate of drug-likeness (QED) is 0.756. The second-order valence-electron chi connectivity index (χ2n) is 4.82. The second-order valence-corrected chi connectivity index (χ2v) is 8.19. The standard InChI is InChI=1S/C12H17NO4S2/c1-2-13(7-5-10(6-8-13)12(14)15)19(16,17)11-4-3-9-18-11/h3-4,9-10H,2,5-8H2,1H3. The molecule has 5 nitrogen and oxygen atoms in total. The summed E-state index contributed by atoms with van der Waals surface area (Å²) in [6, 6.07) is 3.33. The Bertz CT molecular complexity index is 542. The summed E-state index contributed by atoms with van der Waals surface area (Å²) >= 11 is 1.21. The lowest BCUT2D eigenvalue weighted by Crippen LogP contribution is -2.57. The molecule has 1 aliphatic heterocycles. The third-order valence-corrected chi connectivity index (χ3v) is 7.81. The molecule has 0 bridgehead atoms. The van der Waals surface area contributed by atoms with Crippen LogP contribution in [0.15, 0.2) is 21.7 Å². The van der Waals surface area contributed by atoms with Crippen LogP contribution < -0.4 is 5.11 Å². The molecule has 106 valence electrons. The van der Waals surface area contributed by atoms with Crippen LogP contribution in [0.1, 0.15) is 19.8 Å². The molecule has 1 fully saturated rings. The highest BCUT2D eigenvalue weighted by molar-refractivity contribution is 7.88. The van der Waals surface area contributed by atoms with Crippen LogP contribution in [0.3, 0.4) is 0 Å². The van der Waals surface area contributed by atoms with Crippen LogP contribution in [0.25, 0.3) is 0 Å². The molecule has 2 heterocycles. The van der Waals surface area contributed by atoms with E-state index in [1.54, 1.807) is 17.5 Å². The summed E-state index contributed by atoms with van der Waals surface area (Å²) in [5.74, 6) is -1.58. The number of nitrogens with zero attached hydrogens (tertiary/aromatic N) is 1. The Balaban J connectivity index is 2.28. The van der Waals surface area contributed by atoms with Gasteiger partial charge in [-0.2, -0.15) is 8.42 Å². The molecule has 0 spiro atoms. The first-order chi connectivity index (χ1) is 8.93. The molecular formula is C12H17NO4S2. The van der Waals surface area contributed by atoms with Crippen molar-refractivity contribution >= 4 is 27.3 Å². The highest BCUT2D eigenvalue weighted by atomic mass is 32.2. The Kier molecular flexibility index (Phi) is 3.98. The van der Waals surface area contributed by atoms with E-state index >= 15 is 0 Å². The predicted molar refractivity (Wildman–Crippen MR) is 69.8 cm³/mol. The monoisotopic (exact) mass is 303 g/mol. The van der Waals surface area contributed by atoms with Crippen molar-refractivity contribution in [3.63, 3.8) is 0 Å². The van der Waals surface area contributed by atoms with Crippen molar-refractivity contribution in [2.75, 3.05) is 19.6 Å². The molecule has 0 N–H and O–H groups in total. The van der Waals surface area contributed by atoms with E-state index in [0.29, 0.717) is 36.7 Å². The van der Waals surface area contributed by atoms with Gasteiger partial charge in [0.15, 0.2) is 4.21 Å². The van der Waals surface area contributed by atoms with Gasteiger partial charge in [-0.25, -0.2) is 3.89 Å². The number of carbonyl (C=O) groups is 1. The van der Waals surface area contributed by atoms with E-state index in [1.807, 2.05) is 6.92 Å². The van der Waals surface area contributed by atoms with Crippen LogP contribution in [-0.4, -0.2) is 37.9 Å². The number of piperidine rings is 1. The maximum Gasteiger partial charge on any atom is 0.336 e. The Morgan fingerprint density at radius 3 is 2.53 bits per heavy atom. The number of sulfonamides is 1. The first kappa shape index (κ1) is 14.5. The zero-order chi connectivity index (χ0) is 14.1. The van der Waals surface area contributed by atoms with Crippen molar-refractivity contribution in [3.8, 4) is 0 Å². The Morgan fingerprint density at radius 1 is 1.47 bits per heavy atom. The number of likely N-dealkylation sites (tertiary alicyclic amines) is 1. The summed E-state index contributed by atoms with van der Waals surface area (Å²) in [5.41, 5.74) is 0. The van der Waals surface area contributed by atoms with Gasteiger partial charge in [-0.15, -0.1) is 11.3 Å². The van der Waals surface area contributed by atoms with Gasteiger partial charge in [-0.05, 0) is 24.4 Å². The van der Waals surface area contributed by atoms with E-state index in [-0.39, 0.29) is 3.89 Å². The summed E-state index contributed by atoms with van der Waals surface area (Å²) < 4.78 is 25.7. The SMILES string of the molecule is CC[N+]1(S(=O)(=O)c2cccs2)CCC(C(=O)[O-])CC1. The van der Waals surface area contributed by atoms with E-state index < -0.39 is 21.9 Å². The van der Waals surface area contributed by atoms with Gasteiger partial charge in [-0.3, -0.25) is 0 Å². The lowest BCUT2D eigenvalue weighted by Gasteiger charge is -2.41. The van der Waals surface area contributed by atoms with Crippen LogP contribution in [0, 0.1) is 5.92 Å². The Labute approximate surface area is 117 Å². The highest BCUT2D eigenvalue weighted by Crippen LogP contribution is 2.33. The normalized spacial score (nSPS) is 28.2. The average Bonchev–Trinajstić information content (AvgIpc) is 2.93. The summed E-state index contributed by atoms with van der Waals surface area (Å²) in [6.45, 7) is 2.98. The summed E-state index contributed by atoms with van der Waals surface area (Å²) in [6.07, 6.45) is 0.724. The minimum atomic E-state index is -3.44. The van der Waals surface area contributed by atoms with E-state index in [4.69, 9.17) is 0 Å². The average molecular weight is 303 g/mol. The maximum absolute atomic E-state index is 12.7. The van der Waals surface area contributed by atoms with Crippen molar-refractivity contribution in [1.82, 2.24) is 0 Å². The molecule has 2 rings (SSSR count). The van der Waals surface area contributed by atoms with E-state index in [1.165, 1.54) is 11.3 Å². The number of thiophene rings is 1. The van der Waals surface area contributed by atoms with Crippen molar-refractivity contribution in [3.05, 3.63) is 17.5 Å². The van der Waals surface area contributed by atoms with Crippen LogP contribution in [0.4, 0.5) is 0 Å². The van der Waals surface area contributed by atoms with E-state index in [2.05, 4.69) is 0 Å². The van der Waals surface area contributed by atoms with Crippen LogP contribution >= 0.6 is 11.3 Å². The molecule has 1 aromatic heterocycles. The third kappa shape index (κ3) is 2.42. The fourth-order valence-electron chi connectivity index (χ4n) is 2.60. The van der Waals surface area contributed by atoms with Crippen LogP contribution in [-0.2, 0) is 14.8 Å². The van der Waals surface area contributed by atoms with Gasteiger partial charge in [0.1, 0.15) is 0 Å². The molecule has 0 amide bonds. The van der Waals surface area contributed by atoms with Gasteiger partial charge in [-0.1, -0.05) is 0 Å². The Hall–Kier alpha value is -0.920. The number of carboxylic acids is 1. The topological polar surface area (TPSA) is 74.3 Å². The third-order valence-electron chi connectivity index (χ3n) is 3.94. The van der Waals surface area contributed by atoms with E-state index in [9.17, 15) is 18.3 Å². The number of aliphatic carboxylic acids is 1. The van der Waals surface area contributed by atoms with Gasteiger partial charge < -0.3 is 9.90 Å². The van der Waals surface area contributed by atoms with E-state index in [0.717, 1.165) is 0 Å². The molecule has 0 unspecified atom stereocenters. The maximum atomic E-state index is 12.7. The number of hydrogen-bond acceptors (Lipinski definition) is 5. The fourth-order valence-corrected chi connectivity index (χ4v) is 5.84. The smallest absolute Gasteiger partial charge is 0.336 e. The molecule has 0 radical (unpaired) electrons. The molecule has 0 aliphatic carbocycles. The lowest BCUT2D eigenvalue weighted by molar-refractivity contribution is -0.811. The molecule has 1 saturated heterocycles. The Morgan fingerprint density at radius 2 is 2.11 bits per heavy atom. The van der Waals surface area contributed by atoms with Gasteiger partial charge in [0.05, 0.1) is 19.6 Å². The first-order valence-electron chi connectivity index (χ1n) is 6.28. The molecule has 1 aromatic rings. The van der Waals surface area contributed by atoms with Gasteiger partial charge in [0.2, 0.25) is 0 Å². The highest BCUT2D eigenvalue weighted by Gasteiger charge is 2.45. The number of quaternary nitrogens is 1. The van der Waals surface area contributed by atoms with Gasteiger partial charge in [0, 0.05) is 24.7 Å². The molecule has 0 atom stereocenters. The second kappa shape index (κ2) is 5.22. The van der Waals surface area contributed by atoms with Crippen LogP contribution in [0.2, 0.25) is 0 Å². The summed E-state index contributed by atoms with van der Waals surface area (Å²) in [4.78, 5) is 10.9. The largest absolute Gasteiger partial charge is 0.550 e. The fraction of sp³-hybridized carbons (Fsp3) is 0.583. The molecule has 19 heavy (non-hydrogen) atoms. The predicted octanol–water partition coefficient (Wildman–Crippen LogP) is 0.433. The molecule has 1 aliphatic rings. The molecular weight excluding hydrogens is 286 g/mol. The summed E-state index contributed by atoms with van der Waals surface area (Å²) in [5, 5.41) is 12.6. The number of hydrogen-bond donors (Lipinski definition) is 0. The van der Waals surface area contributed by atoms with Crippen molar-refractivity contribution in [2.24, 2.45) is 5.92 Å². The minimum absolute atomic E-state index is 0.0444. The van der Waals surface area contributed by atoms with Crippen molar-refractivity contribution < 1.29 is 22.2 Å². The lowest BCUT2D eigenvalue weighted by atomic mass is 9.97. The van der Waals surface area contributed by atoms with Gasteiger partial charge in [0.25, 0.3) is 0 Å². The molecule has 0 aromatic carbocycles. The number of rotatable bonds is 4. The number of carbonyl (C=O) groups excluding carboxylic acids is 1. The minimum Gasteiger partial charge on any atom is -0.550 e. The molecule has 0 saturated carbocycles. The molecule has 7 heteroatoms. The first-order valence-corrected chi connectivity index (χ1v) is 8.60.